The van der Waals surface area contributed by atoms with Crippen LogP contribution in [0.25, 0.3) is 0 Å². The third-order valence-electron chi connectivity index (χ3n) is 9.96. The van der Waals surface area contributed by atoms with E-state index in [1.54, 1.807) is 0 Å². The number of carbonyl (C=O) groups excluding carboxylic acids is 2. The van der Waals surface area contributed by atoms with Gasteiger partial charge in [-0.05, 0) is 12.8 Å². The Hall–Kier alpha value is -1.30. The zero-order chi connectivity index (χ0) is 35.4. The Kier molecular flexibility index (Phi) is 27.4. The van der Waals surface area contributed by atoms with E-state index in [9.17, 15) is 30.0 Å². The average Bonchev–Trinajstić information content (AvgIpc) is 3.09. The fourth-order valence-electron chi connectivity index (χ4n) is 6.82. The van der Waals surface area contributed by atoms with Crippen LogP contribution in [0.15, 0.2) is 0 Å². The molecule has 0 radical (unpaired) electrons. The van der Waals surface area contributed by atoms with Crippen LogP contribution in [0, 0.1) is 5.92 Å². The smallest absolute Gasteiger partial charge is 0.252 e. The lowest BCUT2D eigenvalue weighted by molar-refractivity contribution is -0.242. The van der Waals surface area contributed by atoms with Gasteiger partial charge in [-0.1, -0.05) is 162 Å². The molecular weight excluding hydrogens is 610 g/mol. The van der Waals surface area contributed by atoms with Crippen molar-refractivity contribution in [3.05, 3.63) is 0 Å². The number of nitrogens with zero attached hydrogens (tertiary/aromatic N) is 1. The quantitative estimate of drug-likeness (QED) is 0.0393. The second-order valence-corrected chi connectivity index (χ2v) is 14.2. The van der Waals surface area contributed by atoms with Gasteiger partial charge < -0.3 is 30.9 Å². The van der Waals surface area contributed by atoms with Gasteiger partial charge in [-0.3, -0.25) is 20.0 Å². The first-order valence-corrected chi connectivity index (χ1v) is 19.9. The predicted octanol–water partition coefficient (Wildman–Crippen LogP) is 6.06. The number of nitrogens with one attached hydrogen (secondary N) is 1. The monoisotopic (exact) mass is 686 g/mol. The molecule has 1 aliphatic rings. The van der Waals surface area contributed by atoms with Crippen molar-refractivity contribution in [2.24, 2.45) is 11.7 Å². The van der Waals surface area contributed by atoms with Crippen LogP contribution in [-0.2, 0) is 14.3 Å². The summed E-state index contributed by atoms with van der Waals surface area (Å²) in [6, 6.07) is 0. The highest BCUT2D eigenvalue weighted by Crippen LogP contribution is 2.30. The molecule has 0 spiro atoms. The third kappa shape index (κ3) is 19.2. The highest BCUT2D eigenvalue weighted by atomic mass is 16.5. The maximum absolute atomic E-state index is 14.0. The normalized spacial score (nSPS) is 21.7. The second-order valence-electron chi connectivity index (χ2n) is 14.2. The highest BCUT2D eigenvalue weighted by Gasteiger charge is 2.48. The summed E-state index contributed by atoms with van der Waals surface area (Å²) in [5, 5.41) is 42.8. The van der Waals surface area contributed by atoms with Gasteiger partial charge >= 0.3 is 0 Å². The molecule has 1 fully saturated rings. The number of unbranched alkanes of at least 4 members (excludes halogenated alkanes) is 22. The molecule has 0 aromatic rings. The first-order valence-electron chi connectivity index (χ1n) is 19.9. The van der Waals surface area contributed by atoms with E-state index < -0.39 is 54.9 Å². The van der Waals surface area contributed by atoms with E-state index in [1.807, 2.05) is 0 Å². The molecule has 48 heavy (non-hydrogen) atoms. The minimum atomic E-state index is -1.57. The summed E-state index contributed by atoms with van der Waals surface area (Å²) in [6.45, 7) is 3.91. The molecule has 1 saturated heterocycles. The lowest BCUT2D eigenvalue weighted by atomic mass is 9.84. The Balaban J connectivity index is 2.62. The van der Waals surface area contributed by atoms with Crippen molar-refractivity contribution in [1.29, 1.82) is 0 Å². The molecule has 10 nitrogen and oxygen atoms in total. The molecule has 10 heteroatoms. The van der Waals surface area contributed by atoms with E-state index in [-0.39, 0.29) is 6.54 Å². The maximum atomic E-state index is 14.0. The standard InChI is InChI=1S/C38H75N3O7/c1-3-5-7-9-11-13-14-15-16-17-18-19-20-22-24-26-28-41(40-33(43)29-39)38(47)31(27-25-23-21-12-10-8-6-4-2)37-36(46)35(45)34(44)32(30-42)48-37/h31-32,34-37,42,44-46H,3-30,39H2,1-2H3,(H,40,43)/t31?,32-,34-,35+,36-,37+/m1/s1. The number of aliphatic hydroxyl groups is 4. The minimum absolute atomic E-state index is 0.272. The first-order chi connectivity index (χ1) is 23.3. The van der Waals surface area contributed by atoms with E-state index in [0.717, 1.165) is 38.5 Å². The molecule has 2 amide bonds. The van der Waals surface area contributed by atoms with Crippen molar-refractivity contribution < 1.29 is 34.8 Å². The average molecular weight is 686 g/mol. The Morgan fingerprint density at radius 3 is 1.48 bits per heavy atom. The van der Waals surface area contributed by atoms with Crippen molar-refractivity contribution in [2.75, 3.05) is 19.7 Å². The molecule has 284 valence electrons. The molecule has 0 aliphatic carbocycles. The van der Waals surface area contributed by atoms with Gasteiger partial charge in [0.25, 0.3) is 5.91 Å². The summed E-state index contributed by atoms with van der Waals surface area (Å²) in [4.78, 5) is 26.4. The summed E-state index contributed by atoms with van der Waals surface area (Å²) < 4.78 is 5.86. The van der Waals surface area contributed by atoms with E-state index >= 15 is 0 Å². The molecule has 7 N–H and O–H groups in total. The van der Waals surface area contributed by atoms with Gasteiger partial charge in [0.1, 0.15) is 24.4 Å². The molecule has 1 rings (SSSR count). The highest BCUT2D eigenvalue weighted by molar-refractivity contribution is 5.84. The Morgan fingerprint density at radius 1 is 0.646 bits per heavy atom. The number of hydrogen-bond acceptors (Lipinski definition) is 8. The van der Waals surface area contributed by atoms with Gasteiger partial charge in [0.05, 0.1) is 25.2 Å². The Labute approximate surface area is 292 Å². The largest absolute Gasteiger partial charge is 0.394 e. The van der Waals surface area contributed by atoms with Gasteiger partial charge in [-0.2, -0.15) is 0 Å². The molecule has 6 atom stereocenters. The van der Waals surface area contributed by atoms with Crippen molar-refractivity contribution in [3.63, 3.8) is 0 Å². The number of rotatable bonds is 30. The number of aliphatic hydroxyl groups excluding tert-OH is 4. The SMILES string of the molecule is CCCCCCCCCCCCCCCCCCN(NC(=O)CN)C(=O)C(CCCCCCCCCC)[C@@H]1O[C@H](CO)[C@@H](O)[C@H](O)[C@H]1O. The fourth-order valence-corrected chi connectivity index (χ4v) is 6.82. The zero-order valence-corrected chi connectivity index (χ0v) is 30.8. The molecule has 0 aromatic carbocycles. The summed E-state index contributed by atoms with van der Waals surface area (Å²) >= 11 is 0. The Morgan fingerprint density at radius 2 is 1.06 bits per heavy atom. The molecular formula is C38H75N3O7. The van der Waals surface area contributed by atoms with E-state index in [1.165, 1.54) is 108 Å². The molecule has 1 aliphatic heterocycles. The number of amides is 2. The summed E-state index contributed by atoms with van der Waals surface area (Å²) in [5.74, 6) is -1.78. The minimum Gasteiger partial charge on any atom is -0.394 e. The summed E-state index contributed by atoms with van der Waals surface area (Å²) in [5.41, 5.74) is 8.23. The predicted molar refractivity (Wildman–Crippen MR) is 193 cm³/mol. The lowest BCUT2D eigenvalue weighted by Gasteiger charge is -2.43. The third-order valence-corrected chi connectivity index (χ3v) is 9.96. The zero-order valence-electron chi connectivity index (χ0n) is 30.8. The number of nitrogens with two attached hydrogens (primary N) is 1. The van der Waals surface area contributed by atoms with E-state index in [4.69, 9.17) is 10.5 Å². The molecule has 0 bridgehead atoms. The van der Waals surface area contributed by atoms with Crippen molar-refractivity contribution in [1.82, 2.24) is 10.4 Å². The molecule has 0 saturated carbocycles. The summed E-state index contributed by atoms with van der Waals surface area (Å²) in [7, 11) is 0. The van der Waals surface area contributed by atoms with Crippen LogP contribution in [0.2, 0.25) is 0 Å². The topological polar surface area (TPSA) is 166 Å². The van der Waals surface area contributed by atoms with Gasteiger partial charge in [0.15, 0.2) is 0 Å². The molecule has 0 aromatic heterocycles. The van der Waals surface area contributed by atoms with E-state index in [0.29, 0.717) is 25.8 Å². The second kappa shape index (κ2) is 29.4. The van der Waals surface area contributed by atoms with Gasteiger partial charge in [-0.25, -0.2) is 0 Å². The van der Waals surface area contributed by atoms with Crippen molar-refractivity contribution in [3.8, 4) is 0 Å². The van der Waals surface area contributed by atoms with Crippen molar-refractivity contribution in [2.45, 2.75) is 205 Å². The van der Waals surface area contributed by atoms with Crippen LogP contribution in [0.5, 0.6) is 0 Å². The molecule has 1 unspecified atom stereocenters. The van der Waals surface area contributed by atoms with Gasteiger partial charge in [0.2, 0.25) is 5.91 Å². The van der Waals surface area contributed by atoms with Crippen LogP contribution in [0.4, 0.5) is 0 Å². The van der Waals surface area contributed by atoms with E-state index in [2.05, 4.69) is 19.3 Å². The van der Waals surface area contributed by atoms with Crippen molar-refractivity contribution >= 4 is 11.8 Å². The van der Waals surface area contributed by atoms with Crippen LogP contribution in [-0.4, -0.2) is 87.5 Å². The molecule has 1 heterocycles. The van der Waals surface area contributed by atoms with Gasteiger partial charge in [0, 0.05) is 6.54 Å². The fraction of sp³-hybridized carbons (Fsp3) is 0.947. The number of carbonyl (C=O) groups is 2. The lowest BCUT2D eigenvalue weighted by Crippen LogP contribution is -2.63. The van der Waals surface area contributed by atoms with Crippen LogP contribution in [0.1, 0.15) is 174 Å². The number of hydrazine groups is 1. The van der Waals surface area contributed by atoms with Crippen LogP contribution < -0.4 is 11.2 Å². The summed E-state index contributed by atoms with van der Waals surface area (Å²) in [6.07, 6.45) is 21.9. The maximum Gasteiger partial charge on any atom is 0.252 e. The van der Waals surface area contributed by atoms with Crippen LogP contribution in [0.3, 0.4) is 0 Å². The number of ether oxygens (including phenoxy) is 1. The number of hydrogen-bond donors (Lipinski definition) is 6. The Bertz CT molecular complexity index is 787. The van der Waals surface area contributed by atoms with Gasteiger partial charge in [-0.15, -0.1) is 0 Å². The van der Waals surface area contributed by atoms with Crippen LogP contribution >= 0.6 is 0 Å². The first kappa shape index (κ1) is 44.7.